The van der Waals surface area contributed by atoms with E-state index in [1.54, 1.807) is 6.20 Å². The van der Waals surface area contributed by atoms with E-state index >= 15 is 0 Å². The molecule has 1 aliphatic heterocycles. The summed E-state index contributed by atoms with van der Waals surface area (Å²) in [5, 5.41) is 4.53. The summed E-state index contributed by atoms with van der Waals surface area (Å²) in [5.74, 6) is 0.236. The van der Waals surface area contributed by atoms with Gasteiger partial charge in [0.25, 0.3) is 5.91 Å². The third-order valence-electron chi connectivity index (χ3n) is 5.60. The van der Waals surface area contributed by atoms with Gasteiger partial charge in [0.2, 0.25) is 5.91 Å². The summed E-state index contributed by atoms with van der Waals surface area (Å²) in [6.45, 7) is 8.70. The van der Waals surface area contributed by atoms with Gasteiger partial charge in [0.1, 0.15) is 0 Å². The molecule has 1 saturated heterocycles. The lowest BCUT2D eigenvalue weighted by Gasteiger charge is -2.37. The summed E-state index contributed by atoms with van der Waals surface area (Å²) in [5.41, 5.74) is 7.27. The van der Waals surface area contributed by atoms with Crippen molar-refractivity contribution in [2.45, 2.75) is 58.0 Å². The lowest BCUT2D eigenvalue weighted by Crippen LogP contribution is -2.54. The molecule has 2 amide bonds. The predicted molar refractivity (Wildman–Crippen MR) is 95.3 cm³/mol. The zero-order valence-electron chi connectivity index (χ0n) is 15.4. The Balaban J connectivity index is 1.72. The summed E-state index contributed by atoms with van der Waals surface area (Å²) in [4.78, 5) is 28.3. The molecule has 2 N–H and O–H groups in total. The second-order valence-electron chi connectivity index (χ2n) is 7.33. The number of hydrogen-bond donors (Lipinski definition) is 1. The van der Waals surface area contributed by atoms with Gasteiger partial charge >= 0.3 is 0 Å². The molecule has 7 heteroatoms. The van der Waals surface area contributed by atoms with Crippen LogP contribution in [0, 0.1) is 0 Å². The number of hydrogen-bond acceptors (Lipinski definition) is 4. The number of piperazine rings is 1. The molecule has 0 bridgehead atoms. The minimum Gasteiger partial charge on any atom is -0.368 e. The molecule has 2 aliphatic rings. The first-order valence-corrected chi connectivity index (χ1v) is 9.34. The fourth-order valence-electron chi connectivity index (χ4n) is 3.49. The van der Waals surface area contributed by atoms with Crippen LogP contribution in [-0.4, -0.2) is 63.6 Å². The molecule has 138 valence electrons. The van der Waals surface area contributed by atoms with Gasteiger partial charge in [0, 0.05) is 38.1 Å². The summed E-state index contributed by atoms with van der Waals surface area (Å²) >= 11 is 0. The van der Waals surface area contributed by atoms with Crippen LogP contribution in [0.4, 0.5) is 0 Å². The van der Waals surface area contributed by atoms with Crippen molar-refractivity contribution < 1.29 is 9.59 Å². The van der Waals surface area contributed by atoms with Crippen molar-refractivity contribution in [2.75, 3.05) is 26.2 Å². The molecule has 25 heavy (non-hydrogen) atoms. The van der Waals surface area contributed by atoms with E-state index in [1.807, 2.05) is 16.7 Å². The number of carbonyl (C=O) groups excluding carboxylic acids is 2. The van der Waals surface area contributed by atoms with Crippen LogP contribution in [0.1, 0.15) is 68.0 Å². The molecule has 1 saturated carbocycles. The van der Waals surface area contributed by atoms with Gasteiger partial charge in [-0.2, -0.15) is 5.10 Å². The molecular weight excluding hydrogens is 318 g/mol. The molecule has 3 rings (SSSR count). The van der Waals surface area contributed by atoms with Crippen LogP contribution in [0.5, 0.6) is 0 Å². The highest BCUT2D eigenvalue weighted by molar-refractivity contribution is 5.95. The normalized spacial score (nSPS) is 21.2. The Labute approximate surface area is 149 Å². The molecule has 1 aliphatic carbocycles. The Kier molecular flexibility index (Phi) is 5.13. The van der Waals surface area contributed by atoms with Crippen molar-refractivity contribution in [2.24, 2.45) is 5.73 Å². The Bertz CT molecular complexity index is 644. The lowest BCUT2D eigenvalue weighted by molar-refractivity contribution is -0.123. The van der Waals surface area contributed by atoms with E-state index in [4.69, 9.17) is 5.73 Å². The maximum absolute atomic E-state index is 13.0. The maximum Gasteiger partial charge on any atom is 0.257 e. The first kappa shape index (κ1) is 17.9. The first-order valence-electron chi connectivity index (χ1n) is 9.34. The number of amides is 2. The Morgan fingerprint density at radius 1 is 1.24 bits per heavy atom. The third kappa shape index (κ3) is 3.56. The highest BCUT2D eigenvalue weighted by Crippen LogP contribution is 2.43. The molecule has 1 aromatic heterocycles. The van der Waals surface area contributed by atoms with Crippen molar-refractivity contribution in [3.05, 3.63) is 17.5 Å². The van der Waals surface area contributed by atoms with Gasteiger partial charge in [-0.1, -0.05) is 6.92 Å². The van der Waals surface area contributed by atoms with Crippen LogP contribution in [0.2, 0.25) is 0 Å². The van der Waals surface area contributed by atoms with Gasteiger partial charge in [-0.05, 0) is 33.1 Å². The van der Waals surface area contributed by atoms with E-state index in [2.05, 4.69) is 23.6 Å². The van der Waals surface area contributed by atoms with Crippen molar-refractivity contribution in [3.8, 4) is 0 Å². The zero-order chi connectivity index (χ0) is 18.1. The molecule has 0 aromatic carbocycles. The van der Waals surface area contributed by atoms with Crippen LogP contribution in [0.25, 0.3) is 0 Å². The molecule has 0 radical (unpaired) electrons. The zero-order valence-corrected chi connectivity index (χ0v) is 15.4. The van der Waals surface area contributed by atoms with Gasteiger partial charge in [-0.3, -0.25) is 19.2 Å². The summed E-state index contributed by atoms with van der Waals surface area (Å²) in [7, 11) is 0. The highest BCUT2D eigenvalue weighted by atomic mass is 16.2. The molecule has 2 unspecified atom stereocenters. The predicted octanol–water partition coefficient (Wildman–Crippen LogP) is 1.36. The van der Waals surface area contributed by atoms with Gasteiger partial charge in [-0.15, -0.1) is 0 Å². The van der Waals surface area contributed by atoms with Crippen molar-refractivity contribution in [3.63, 3.8) is 0 Å². The topological polar surface area (TPSA) is 84.5 Å². The Morgan fingerprint density at radius 3 is 2.40 bits per heavy atom. The Morgan fingerprint density at radius 2 is 1.88 bits per heavy atom. The SMILES string of the molecule is CCC(C)n1ncc(C(=O)N2CCN(C(C)C(N)=O)CC2)c1C1CC1. The van der Waals surface area contributed by atoms with Crippen molar-refractivity contribution in [1.82, 2.24) is 19.6 Å². The van der Waals surface area contributed by atoms with Crippen LogP contribution in [0.3, 0.4) is 0 Å². The average molecular weight is 347 g/mol. The van der Waals surface area contributed by atoms with Gasteiger partial charge in [0.15, 0.2) is 0 Å². The Hall–Kier alpha value is -1.89. The number of primary amides is 1. The number of nitrogens with two attached hydrogens (primary N) is 1. The minimum absolute atomic E-state index is 0.0721. The lowest BCUT2D eigenvalue weighted by atomic mass is 10.1. The molecular formula is C18H29N5O2. The third-order valence-corrected chi connectivity index (χ3v) is 5.60. The smallest absolute Gasteiger partial charge is 0.257 e. The summed E-state index contributed by atoms with van der Waals surface area (Å²) < 4.78 is 2.05. The molecule has 1 aromatic rings. The molecule has 2 fully saturated rings. The highest BCUT2D eigenvalue weighted by Gasteiger charge is 2.35. The van der Waals surface area contributed by atoms with Crippen LogP contribution in [-0.2, 0) is 4.79 Å². The number of rotatable bonds is 6. The number of carbonyl (C=O) groups is 2. The molecule has 2 atom stereocenters. The van der Waals surface area contributed by atoms with Crippen molar-refractivity contribution in [1.29, 1.82) is 0 Å². The van der Waals surface area contributed by atoms with Gasteiger partial charge < -0.3 is 10.6 Å². The average Bonchev–Trinajstić information content (AvgIpc) is 3.37. The van der Waals surface area contributed by atoms with E-state index in [0.717, 1.165) is 30.5 Å². The van der Waals surface area contributed by atoms with E-state index in [1.165, 1.54) is 0 Å². The monoisotopic (exact) mass is 347 g/mol. The van der Waals surface area contributed by atoms with Crippen LogP contribution >= 0.6 is 0 Å². The van der Waals surface area contributed by atoms with Gasteiger partial charge in [-0.25, -0.2) is 0 Å². The van der Waals surface area contributed by atoms with E-state index < -0.39 is 0 Å². The quantitative estimate of drug-likeness (QED) is 0.842. The number of aromatic nitrogens is 2. The van der Waals surface area contributed by atoms with E-state index in [-0.39, 0.29) is 17.9 Å². The number of nitrogens with zero attached hydrogens (tertiary/aromatic N) is 4. The fraction of sp³-hybridized carbons (Fsp3) is 0.722. The summed E-state index contributed by atoms with van der Waals surface area (Å²) in [6, 6.07) is 0.0258. The molecule has 7 nitrogen and oxygen atoms in total. The van der Waals surface area contributed by atoms with E-state index in [0.29, 0.717) is 38.1 Å². The van der Waals surface area contributed by atoms with Crippen LogP contribution < -0.4 is 5.73 Å². The minimum atomic E-state index is -0.314. The maximum atomic E-state index is 13.0. The van der Waals surface area contributed by atoms with Crippen LogP contribution in [0.15, 0.2) is 6.20 Å². The standard InChI is InChI=1S/C18H29N5O2/c1-4-12(2)23-16(14-5-6-14)15(11-20-23)18(25)22-9-7-21(8-10-22)13(3)17(19)24/h11-14H,4-10H2,1-3H3,(H2,19,24). The fourth-order valence-corrected chi connectivity index (χ4v) is 3.49. The largest absolute Gasteiger partial charge is 0.368 e. The van der Waals surface area contributed by atoms with Gasteiger partial charge in [0.05, 0.1) is 23.5 Å². The second kappa shape index (κ2) is 7.15. The first-order chi connectivity index (χ1) is 11.9. The molecule has 0 spiro atoms. The summed E-state index contributed by atoms with van der Waals surface area (Å²) in [6.07, 6.45) is 5.04. The van der Waals surface area contributed by atoms with Crippen molar-refractivity contribution >= 4 is 11.8 Å². The molecule has 2 heterocycles. The van der Waals surface area contributed by atoms with E-state index in [9.17, 15) is 9.59 Å². The second-order valence-corrected chi connectivity index (χ2v) is 7.33.